The van der Waals surface area contributed by atoms with Gasteiger partial charge in [0.1, 0.15) is 5.82 Å². The number of hydrogen-bond acceptors (Lipinski definition) is 2. The zero-order chi connectivity index (χ0) is 22.7. The van der Waals surface area contributed by atoms with E-state index in [0.29, 0.717) is 0 Å². The highest BCUT2D eigenvalue weighted by Gasteiger charge is 2.37. The summed E-state index contributed by atoms with van der Waals surface area (Å²) in [6.45, 7) is 0. The van der Waals surface area contributed by atoms with E-state index < -0.39 is 0 Å². The summed E-state index contributed by atoms with van der Waals surface area (Å²) in [5.41, 5.74) is 20.1. The van der Waals surface area contributed by atoms with E-state index in [0.717, 1.165) is 31.5 Å². The van der Waals surface area contributed by atoms with Gasteiger partial charge in [-0.1, -0.05) is 66.7 Å². The van der Waals surface area contributed by atoms with Crippen molar-refractivity contribution in [2.45, 2.75) is 25.7 Å². The molecule has 4 aromatic carbocycles. The lowest BCUT2D eigenvalue weighted by atomic mass is 9.83. The average Bonchev–Trinajstić information content (AvgIpc) is 3.46. The fraction of sp³-hybridized carbons (Fsp3) is 0.121. The van der Waals surface area contributed by atoms with Crippen molar-refractivity contribution in [1.29, 1.82) is 0 Å². The van der Waals surface area contributed by atoms with Crippen LogP contribution in [0, 0.1) is 0 Å². The Labute approximate surface area is 204 Å². The smallest absolute Gasteiger partial charge is 0.141 e. The topological polar surface area (TPSA) is 16.1 Å². The first-order valence-corrected chi connectivity index (χ1v) is 12.6. The van der Waals surface area contributed by atoms with Gasteiger partial charge in [-0.3, -0.25) is 4.90 Å². The van der Waals surface area contributed by atoms with Crippen LogP contribution in [0.3, 0.4) is 0 Å². The molecule has 3 heterocycles. The van der Waals surface area contributed by atoms with E-state index in [1.54, 1.807) is 0 Å². The summed E-state index contributed by atoms with van der Waals surface area (Å²) in [6, 6.07) is 29.5. The molecule has 4 aliphatic rings. The number of hydrogen-bond donors (Lipinski definition) is 0. The first-order valence-electron chi connectivity index (χ1n) is 12.6. The van der Waals surface area contributed by atoms with Crippen LogP contribution < -0.4 is 4.90 Å². The van der Waals surface area contributed by atoms with Gasteiger partial charge in [0.15, 0.2) is 0 Å². The summed E-state index contributed by atoms with van der Waals surface area (Å²) in [5.74, 6) is 1.09. The number of benzene rings is 4. The number of para-hydroxylation sites is 1. The van der Waals surface area contributed by atoms with E-state index >= 15 is 0 Å². The van der Waals surface area contributed by atoms with Crippen LogP contribution in [0.2, 0.25) is 0 Å². The van der Waals surface area contributed by atoms with E-state index in [9.17, 15) is 0 Å². The van der Waals surface area contributed by atoms with Gasteiger partial charge >= 0.3 is 0 Å². The minimum atomic E-state index is 0.953. The van der Waals surface area contributed by atoms with Crippen molar-refractivity contribution in [3.63, 3.8) is 0 Å². The minimum Gasteiger partial charge on any atom is -0.294 e. The first-order chi connectivity index (χ1) is 17.3. The number of pyridine rings is 1. The molecule has 1 aromatic heterocycles. The van der Waals surface area contributed by atoms with Gasteiger partial charge in [0.05, 0.1) is 11.4 Å². The van der Waals surface area contributed by atoms with Crippen molar-refractivity contribution < 1.29 is 0 Å². The number of rotatable bonds is 0. The Balaban J connectivity index is 1.34. The lowest BCUT2D eigenvalue weighted by Gasteiger charge is -2.39. The third kappa shape index (κ3) is 2.23. The van der Waals surface area contributed by atoms with Crippen molar-refractivity contribution in [2.75, 3.05) is 4.90 Å². The van der Waals surface area contributed by atoms with Crippen molar-refractivity contribution in [3.8, 4) is 22.3 Å². The predicted molar refractivity (Wildman–Crippen MR) is 141 cm³/mol. The Hall–Kier alpha value is -4.17. The summed E-state index contributed by atoms with van der Waals surface area (Å²) in [7, 11) is 0. The van der Waals surface area contributed by atoms with Crippen LogP contribution in [-0.2, 0) is 25.7 Å². The largest absolute Gasteiger partial charge is 0.294 e. The van der Waals surface area contributed by atoms with Crippen LogP contribution in [0.1, 0.15) is 44.5 Å². The molecule has 164 valence electrons. The van der Waals surface area contributed by atoms with Gasteiger partial charge in [0.25, 0.3) is 0 Å². The maximum absolute atomic E-state index is 4.88. The van der Waals surface area contributed by atoms with E-state index in [1.807, 2.05) is 6.20 Å². The van der Waals surface area contributed by atoms with Gasteiger partial charge in [-0.25, -0.2) is 4.98 Å². The van der Waals surface area contributed by atoms with E-state index in [-0.39, 0.29) is 0 Å². The molecular weight excluding hydrogens is 424 g/mol. The summed E-state index contributed by atoms with van der Waals surface area (Å²) >= 11 is 0. The first kappa shape index (κ1) is 18.2. The van der Waals surface area contributed by atoms with Crippen LogP contribution in [0.25, 0.3) is 22.3 Å². The molecule has 9 rings (SSSR count). The summed E-state index contributed by atoms with van der Waals surface area (Å²) in [6.07, 6.45) is 5.96. The van der Waals surface area contributed by atoms with Crippen molar-refractivity contribution in [3.05, 3.63) is 130 Å². The highest BCUT2D eigenvalue weighted by Crippen LogP contribution is 2.56. The Morgan fingerprint density at radius 3 is 2.29 bits per heavy atom. The fourth-order valence-corrected chi connectivity index (χ4v) is 7.21. The van der Waals surface area contributed by atoms with Gasteiger partial charge in [0, 0.05) is 19.0 Å². The summed E-state index contributed by atoms with van der Waals surface area (Å²) < 4.78 is 0. The molecule has 2 aliphatic carbocycles. The molecular formula is C33H22N2. The lowest BCUT2D eigenvalue weighted by molar-refractivity contribution is 0.978. The summed E-state index contributed by atoms with van der Waals surface area (Å²) in [5, 5.41) is 0. The maximum Gasteiger partial charge on any atom is 0.141 e. The molecule has 0 N–H and O–H groups in total. The zero-order valence-corrected chi connectivity index (χ0v) is 19.3. The second-order valence-corrected chi connectivity index (χ2v) is 10.3. The van der Waals surface area contributed by atoms with Gasteiger partial charge in [0.2, 0.25) is 0 Å². The quantitative estimate of drug-likeness (QED) is 0.240. The third-order valence-corrected chi connectivity index (χ3v) is 8.55. The second-order valence-electron chi connectivity index (χ2n) is 10.3. The van der Waals surface area contributed by atoms with Crippen LogP contribution in [-0.4, -0.2) is 4.98 Å². The predicted octanol–water partition coefficient (Wildman–Crippen LogP) is 7.50. The molecule has 35 heavy (non-hydrogen) atoms. The lowest BCUT2D eigenvalue weighted by Crippen LogP contribution is -2.26. The molecule has 2 nitrogen and oxygen atoms in total. The van der Waals surface area contributed by atoms with Crippen molar-refractivity contribution in [2.24, 2.45) is 0 Å². The van der Waals surface area contributed by atoms with Crippen LogP contribution in [0.5, 0.6) is 0 Å². The molecule has 2 heteroatoms. The molecule has 0 bridgehead atoms. The molecule has 0 amide bonds. The van der Waals surface area contributed by atoms with Crippen molar-refractivity contribution in [1.82, 2.24) is 4.98 Å². The molecule has 5 aromatic rings. The van der Waals surface area contributed by atoms with Crippen LogP contribution in [0.4, 0.5) is 17.2 Å². The molecule has 0 saturated heterocycles. The molecule has 0 atom stereocenters. The van der Waals surface area contributed by atoms with Gasteiger partial charge in [-0.05, 0) is 91.7 Å². The van der Waals surface area contributed by atoms with Gasteiger partial charge in [-0.2, -0.15) is 0 Å². The number of nitrogens with zero attached hydrogens (tertiary/aromatic N) is 2. The van der Waals surface area contributed by atoms with Gasteiger partial charge < -0.3 is 0 Å². The number of aromatic nitrogens is 1. The highest BCUT2D eigenvalue weighted by molar-refractivity contribution is 5.97. The molecule has 0 spiro atoms. The third-order valence-electron chi connectivity index (χ3n) is 8.55. The molecule has 0 radical (unpaired) electrons. The zero-order valence-electron chi connectivity index (χ0n) is 19.3. The van der Waals surface area contributed by atoms with E-state index in [2.05, 4.69) is 83.8 Å². The Morgan fingerprint density at radius 2 is 1.31 bits per heavy atom. The highest BCUT2D eigenvalue weighted by atomic mass is 15.2. The van der Waals surface area contributed by atoms with Crippen LogP contribution >= 0.6 is 0 Å². The fourth-order valence-electron chi connectivity index (χ4n) is 7.21. The van der Waals surface area contributed by atoms with Crippen LogP contribution in [0.15, 0.2) is 85.1 Å². The number of anilines is 3. The van der Waals surface area contributed by atoms with E-state index in [1.165, 1.54) is 78.1 Å². The van der Waals surface area contributed by atoms with Gasteiger partial charge in [-0.15, -0.1) is 0 Å². The minimum absolute atomic E-state index is 0.953. The molecule has 0 saturated carbocycles. The van der Waals surface area contributed by atoms with Crippen molar-refractivity contribution >= 4 is 17.2 Å². The maximum atomic E-state index is 4.88. The average molecular weight is 447 g/mol. The molecule has 0 unspecified atom stereocenters. The standard InChI is InChI=1S/C33H22N2/c1-3-9-25-19(6-1)14-21-11-12-26-27(30(21)25)18-23-16-24-15-22-8-5-13-34-33(22)35-29-10-4-2-7-20(29)17-28(31(23)26)32(24)35/h1-13,16H,14-15,17-18H2. The Morgan fingerprint density at radius 1 is 0.543 bits per heavy atom. The molecule has 0 fully saturated rings. The number of fused-ring (bicyclic) bond motifs is 12. The summed E-state index contributed by atoms with van der Waals surface area (Å²) in [4.78, 5) is 7.33. The SMILES string of the molecule is c1ccc2c(c1)Cc1ccc3c(c1-2)Cc1cc2c4c(c1-3)Cc1ccccc1N4c1ncccc1C2. The molecule has 2 aliphatic heterocycles. The monoisotopic (exact) mass is 446 g/mol. The Bertz CT molecular complexity index is 1750. The Kier molecular flexibility index (Phi) is 3.27. The second kappa shape index (κ2) is 6.28. The van der Waals surface area contributed by atoms with E-state index in [4.69, 9.17) is 4.98 Å². The normalized spacial score (nSPS) is 14.9.